The molecule has 17 heavy (non-hydrogen) atoms. The van der Waals surface area contributed by atoms with Crippen molar-refractivity contribution >= 4 is 17.7 Å². The van der Waals surface area contributed by atoms with Crippen LogP contribution in [0.1, 0.15) is 40.0 Å². The molecular formula is C12H21NO4. The Morgan fingerprint density at radius 3 is 2.24 bits per heavy atom. The lowest BCUT2D eigenvalue weighted by molar-refractivity contribution is -0.145. The van der Waals surface area contributed by atoms with E-state index in [4.69, 9.17) is 0 Å². The van der Waals surface area contributed by atoms with Gasteiger partial charge in [-0.25, -0.2) is 4.79 Å². The van der Waals surface area contributed by atoms with Crippen molar-refractivity contribution < 1.29 is 19.1 Å². The van der Waals surface area contributed by atoms with Crippen LogP contribution in [-0.2, 0) is 19.1 Å². The highest BCUT2D eigenvalue weighted by Gasteiger charge is 2.23. The van der Waals surface area contributed by atoms with E-state index in [0.717, 1.165) is 0 Å². The second-order valence-corrected chi connectivity index (χ2v) is 4.17. The number of rotatable bonds is 7. The van der Waals surface area contributed by atoms with Gasteiger partial charge in [0.05, 0.1) is 7.11 Å². The summed E-state index contributed by atoms with van der Waals surface area (Å²) in [6, 6.07) is -0.731. The molecule has 0 aromatic heterocycles. The fraction of sp³-hybridized carbons (Fsp3) is 0.750. The molecule has 0 unspecified atom stereocenters. The number of methoxy groups -OCH3 is 1. The Hall–Kier alpha value is -1.39. The molecule has 0 heterocycles. The van der Waals surface area contributed by atoms with Gasteiger partial charge >= 0.3 is 5.97 Å². The van der Waals surface area contributed by atoms with Gasteiger partial charge in [0, 0.05) is 18.8 Å². The number of amides is 1. The number of ketones is 1. The third kappa shape index (κ3) is 6.04. The van der Waals surface area contributed by atoms with Crippen molar-refractivity contribution in [1.82, 2.24) is 5.32 Å². The molecule has 0 fully saturated rings. The lowest BCUT2D eigenvalue weighted by atomic mass is 10.1. The first-order valence-corrected chi connectivity index (χ1v) is 5.82. The van der Waals surface area contributed by atoms with Gasteiger partial charge in [0.25, 0.3) is 0 Å². The molecule has 0 rings (SSSR count). The molecule has 0 saturated carbocycles. The fourth-order valence-corrected chi connectivity index (χ4v) is 1.21. The summed E-state index contributed by atoms with van der Waals surface area (Å²) in [6.07, 6.45) is 0.998. The zero-order chi connectivity index (χ0) is 13.4. The van der Waals surface area contributed by atoms with E-state index in [-0.39, 0.29) is 30.4 Å². The number of nitrogens with one attached hydrogen (secondary N) is 1. The predicted octanol–water partition coefficient (Wildman–Crippen LogP) is 1.06. The van der Waals surface area contributed by atoms with Crippen LogP contribution in [-0.4, -0.2) is 30.8 Å². The van der Waals surface area contributed by atoms with Gasteiger partial charge in [-0.3, -0.25) is 9.59 Å². The largest absolute Gasteiger partial charge is 0.467 e. The first kappa shape index (κ1) is 15.6. The molecule has 5 heteroatoms. The highest BCUT2D eigenvalue weighted by atomic mass is 16.5. The molecule has 0 aromatic carbocycles. The third-order valence-electron chi connectivity index (χ3n) is 2.43. The van der Waals surface area contributed by atoms with Crippen LogP contribution in [0, 0.1) is 5.92 Å². The molecule has 1 N–H and O–H groups in total. The number of esters is 1. The number of ether oxygens (including phenoxy) is 1. The van der Waals surface area contributed by atoms with Crippen molar-refractivity contribution in [2.45, 2.75) is 46.1 Å². The maximum atomic E-state index is 11.5. The van der Waals surface area contributed by atoms with E-state index in [0.29, 0.717) is 6.42 Å². The molecule has 0 aromatic rings. The summed E-state index contributed by atoms with van der Waals surface area (Å²) in [6.45, 7) is 5.24. The lowest BCUT2D eigenvalue weighted by Gasteiger charge is -2.17. The minimum absolute atomic E-state index is 0.0673. The molecule has 1 amide bonds. The Morgan fingerprint density at radius 1 is 1.24 bits per heavy atom. The Kier molecular flexibility index (Phi) is 7.18. The van der Waals surface area contributed by atoms with Gasteiger partial charge in [0.1, 0.15) is 11.8 Å². The summed E-state index contributed by atoms with van der Waals surface area (Å²) in [5.41, 5.74) is 0. The standard InChI is InChI=1S/C12H21NO4/c1-5-9(14)6-7-10(12(16)17-4)13-11(15)8(2)3/h8,10H,5-7H2,1-4H3,(H,13,15)/t10-/m1/s1. The summed E-state index contributed by atoms with van der Waals surface area (Å²) < 4.78 is 4.59. The van der Waals surface area contributed by atoms with Gasteiger partial charge in [-0.05, 0) is 6.42 Å². The van der Waals surface area contributed by atoms with E-state index < -0.39 is 12.0 Å². The molecule has 98 valence electrons. The predicted molar refractivity (Wildman–Crippen MR) is 63.3 cm³/mol. The molecule has 0 radical (unpaired) electrons. The van der Waals surface area contributed by atoms with Crippen LogP contribution < -0.4 is 5.32 Å². The topological polar surface area (TPSA) is 72.5 Å². The van der Waals surface area contributed by atoms with Crippen molar-refractivity contribution in [3.05, 3.63) is 0 Å². The number of Topliss-reactive ketones (excluding diaryl/α,β-unsaturated/α-hetero) is 1. The average Bonchev–Trinajstić information content (AvgIpc) is 2.32. The number of carbonyl (C=O) groups is 3. The number of carbonyl (C=O) groups excluding carboxylic acids is 3. The van der Waals surface area contributed by atoms with Crippen molar-refractivity contribution in [1.29, 1.82) is 0 Å². The Bertz CT molecular complexity index is 286. The van der Waals surface area contributed by atoms with Gasteiger partial charge in [0.2, 0.25) is 5.91 Å². The van der Waals surface area contributed by atoms with Crippen LogP contribution in [0.2, 0.25) is 0 Å². The van der Waals surface area contributed by atoms with Crippen LogP contribution in [0.15, 0.2) is 0 Å². The highest BCUT2D eigenvalue weighted by molar-refractivity contribution is 5.86. The maximum Gasteiger partial charge on any atom is 0.328 e. The Labute approximate surface area is 102 Å². The first-order chi connectivity index (χ1) is 7.92. The highest BCUT2D eigenvalue weighted by Crippen LogP contribution is 2.04. The lowest BCUT2D eigenvalue weighted by Crippen LogP contribution is -2.43. The summed E-state index contributed by atoms with van der Waals surface area (Å²) in [5.74, 6) is -0.867. The maximum absolute atomic E-state index is 11.5. The number of hydrogen-bond donors (Lipinski definition) is 1. The molecule has 0 aliphatic rings. The average molecular weight is 243 g/mol. The summed E-state index contributed by atoms with van der Waals surface area (Å²) >= 11 is 0. The van der Waals surface area contributed by atoms with E-state index in [2.05, 4.69) is 10.1 Å². The van der Waals surface area contributed by atoms with E-state index in [1.54, 1.807) is 20.8 Å². The summed E-state index contributed by atoms with van der Waals surface area (Å²) in [7, 11) is 1.26. The fourth-order valence-electron chi connectivity index (χ4n) is 1.21. The summed E-state index contributed by atoms with van der Waals surface area (Å²) in [5, 5.41) is 2.58. The third-order valence-corrected chi connectivity index (χ3v) is 2.43. The monoisotopic (exact) mass is 243 g/mol. The summed E-state index contributed by atoms with van der Waals surface area (Å²) in [4.78, 5) is 34.1. The minimum Gasteiger partial charge on any atom is -0.467 e. The van der Waals surface area contributed by atoms with Gasteiger partial charge in [-0.15, -0.1) is 0 Å². The molecule has 0 bridgehead atoms. The SMILES string of the molecule is CCC(=O)CC[C@@H](NC(=O)C(C)C)C(=O)OC. The molecule has 0 saturated heterocycles. The van der Waals surface area contributed by atoms with Gasteiger partial charge in [0.15, 0.2) is 0 Å². The van der Waals surface area contributed by atoms with Crippen molar-refractivity contribution in [2.24, 2.45) is 5.92 Å². The first-order valence-electron chi connectivity index (χ1n) is 5.82. The normalized spacial score (nSPS) is 12.1. The second-order valence-electron chi connectivity index (χ2n) is 4.17. The molecule has 0 spiro atoms. The molecule has 0 aliphatic carbocycles. The van der Waals surface area contributed by atoms with E-state index >= 15 is 0 Å². The van der Waals surface area contributed by atoms with Crippen molar-refractivity contribution in [3.8, 4) is 0 Å². The van der Waals surface area contributed by atoms with Crippen LogP contribution >= 0.6 is 0 Å². The van der Waals surface area contributed by atoms with Gasteiger partial charge in [-0.1, -0.05) is 20.8 Å². The van der Waals surface area contributed by atoms with Crippen LogP contribution in [0.5, 0.6) is 0 Å². The van der Waals surface area contributed by atoms with E-state index in [1.165, 1.54) is 7.11 Å². The smallest absolute Gasteiger partial charge is 0.328 e. The number of hydrogen-bond acceptors (Lipinski definition) is 4. The van der Waals surface area contributed by atoms with E-state index in [9.17, 15) is 14.4 Å². The van der Waals surface area contributed by atoms with Crippen LogP contribution in [0.25, 0.3) is 0 Å². The van der Waals surface area contributed by atoms with Crippen LogP contribution in [0.4, 0.5) is 0 Å². The zero-order valence-electron chi connectivity index (χ0n) is 10.9. The Balaban J connectivity index is 4.39. The molecule has 1 atom stereocenters. The quantitative estimate of drug-likeness (QED) is 0.679. The minimum atomic E-state index is -0.731. The molecule has 0 aliphatic heterocycles. The zero-order valence-corrected chi connectivity index (χ0v) is 10.9. The second kappa shape index (κ2) is 7.81. The van der Waals surface area contributed by atoms with Gasteiger partial charge < -0.3 is 10.1 Å². The van der Waals surface area contributed by atoms with E-state index in [1.807, 2.05) is 0 Å². The van der Waals surface area contributed by atoms with Crippen molar-refractivity contribution in [2.75, 3.05) is 7.11 Å². The Morgan fingerprint density at radius 2 is 1.82 bits per heavy atom. The van der Waals surface area contributed by atoms with Crippen molar-refractivity contribution in [3.63, 3.8) is 0 Å². The van der Waals surface area contributed by atoms with Crippen LogP contribution in [0.3, 0.4) is 0 Å². The molecule has 5 nitrogen and oxygen atoms in total. The molecular weight excluding hydrogens is 222 g/mol. The van der Waals surface area contributed by atoms with Gasteiger partial charge in [-0.2, -0.15) is 0 Å².